The molecular weight excluding hydrogens is 828 g/mol. The summed E-state index contributed by atoms with van der Waals surface area (Å²) in [6, 6.07) is 0. The van der Waals surface area contributed by atoms with E-state index in [1.165, 1.54) is 38.5 Å². The van der Waals surface area contributed by atoms with Gasteiger partial charge in [0.2, 0.25) is 0 Å². The highest BCUT2D eigenvalue weighted by molar-refractivity contribution is 7.47. The van der Waals surface area contributed by atoms with Crippen LogP contribution in [-0.2, 0) is 32.7 Å². The van der Waals surface area contributed by atoms with Gasteiger partial charge < -0.3 is 39.9 Å². The lowest BCUT2D eigenvalue weighted by molar-refractivity contribution is -0.220. The van der Waals surface area contributed by atoms with E-state index in [2.05, 4.69) is 98.9 Å². The Labute approximate surface area is 378 Å². The van der Waals surface area contributed by atoms with E-state index in [0.717, 1.165) is 77.0 Å². The first-order chi connectivity index (χ1) is 30.4. The van der Waals surface area contributed by atoms with Gasteiger partial charge in [0.05, 0.1) is 6.61 Å². The van der Waals surface area contributed by atoms with Crippen LogP contribution in [0.1, 0.15) is 155 Å². The molecule has 6 unspecified atom stereocenters. The van der Waals surface area contributed by atoms with Crippen LogP contribution in [0.4, 0.5) is 0 Å². The van der Waals surface area contributed by atoms with Crippen molar-refractivity contribution in [3.05, 3.63) is 85.1 Å². The molecule has 1 aliphatic carbocycles. The zero-order valence-corrected chi connectivity index (χ0v) is 39.0. The molecule has 1 fully saturated rings. The zero-order chi connectivity index (χ0) is 46.4. The number of ether oxygens (including phenoxy) is 2. The predicted molar refractivity (Wildman–Crippen MR) is 248 cm³/mol. The summed E-state index contributed by atoms with van der Waals surface area (Å²) < 4.78 is 33.5. The monoisotopic (exact) mass is 909 g/mol. The molecule has 0 spiro atoms. The van der Waals surface area contributed by atoms with Crippen molar-refractivity contribution in [2.24, 2.45) is 0 Å². The molecule has 8 atom stereocenters. The summed E-state index contributed by atoms with van der Waals surface area (Å²) in [6.07, 6.45) is 36.3. The molecule has 1 rings (SSSR count). The molecule has 0 aromatic rings. The van der Waals surface area contributed by atoms with Crippen molar-refractivity contribution in [1.82, 2.24) is 0 Å². The van der Waals surface area contributed by atoms with Gasteiger partial charge in [0.1, 0.15) is 43.2 Å². The molecule has 0 radical (unpaired) electrons. The van der Waals surface area contributed by atoms with Crippen LogP contribution in [-0.4, -0.2) is 98.3 Å². The summed E-state index contributed by atoms with van der Waals surface area (Å²) in [4.78, 5) is 35.7. The van der Waals surface area contributed by atoms with Crippen LogP contribution in [0.15, 0.2) is 85.1 Å². The number of unbranched alkanes of at least 4 members (excludes halogenated alkanes) is 11. The molecule has 13 nitrogen and oxygen atoms in total. The number of aliphatic hydroxyl groups excluding tert-OH is 5. The standard InChI is InChI=1S/C49H81O13P/c1-3-5-7-9-11-13-15-17-19-20-21-22-24-26-28-30-32-34-36-38-43(51)61-41(40-60-63(57,58)62-49-47(55)45(53)44(52)46(54)48(49)56)39-59-42(50)37-35-33-31-29-27-25-23-18-16-14-12-10-8-6-4-2/h11-14,17-19,21-23,26-29,41,44-49,52-56H,3-10,15-16,20,24-25,30-40H2,1-2H3,(H,57,58)/b13-11+,14-12+,19-17+,22-21+,23-18+,28-26+,29-27+/t41-,44?,45-,46?,47?,48?,49?/m1/s1. The molecule has 0 aliphatic heterocycles. The predicted octanol–water partition coefficient (Wildman–Crippen LogP) is 9.28. The van der Waals surface area contributed by atoms with Crippen LogP contribution in [0.25, 0.3) is 0 Å². The van der Waals surface area contributed by atoms with Crippen LogP contribution in [0.2, 0.25) is 0 Å². The van der Waals surface area contributed by atoms with Crippen molar-refractivity contribution in [1.29, 1.82) is 0 Å². The number of hydrogen-bond acceptors (Lipinski definition) is 12. The van der Waals surface area contributed by atoms with E-state index >= 15 is 0 Å². The SMILES string of the molecule is CCCCC/C=C/C/C=C/C/C=C/C/C=C/CCCCCC(=O)O[C@H](COC(=O)CCCC/C=C/C/C=C/C/C=C/CCCCC)COP(=O)(O)OC1C(O)C(O)C(O)[C@@H](O)C1O. The fourth-order valence-corrected chi connectivity index (χ4v) is 7.37. The summed E-state index contributed by atoms with van der Waals surface area (Å²) in [5, 5.41) is 50.2. The second-order valence-electron chi connectivity index (χ2n) is 15.9. The number of phosphoric ester groups is 1. The quantitative estimate of drug-likeness (QED) is 0.0149. The molecular formula is C49H81O13P. The van der Waals surface area contributed by atoms with Gasteiger partial charge in [-0.25, -0.2) is 4.57 Å². The lowest BCUT2D eigenvalue weighted by atomic mass is 9.85. The maximum absolute atomic E-state index is 12.8. The average Bonchev–Trinajstić information content (AvgIpc) is 3.26. The van der Waals surface area contributed by atoms with Gasteiger partial charge in [-0.2, -0.15) is 0 Å². The van der Waals surface area contributed by atoms with E-state index in [-0.39, 0.29) is 12.8 Å². The number of phosphoric acid groups is 1. The Morgan fingerprint density at radius 3 is 1.30 bits per heavy atom. The minimum Gasteiger partial charge on any atom is -0.462 e. The first kappa shape index (κ1) is 58.0. The summed E-state index contributed by atoms with van der Waals surface area (Å²) in [5.41, 5.74) is 0. The maximum Gasteiger partial charge on any atom is 0.472 e. The Bertz CT molecular complexity index is 1420. The van der Waals surface area contributed by atoms with Crippen LogP contribution >= 0.6 is 7.82 Å². The van der Waals surface area contributed by atoms with Crippen LogP contribution in [0.3, 0.4) is 0 Å². The number of hydrogen-bond donors (Lipinski definition) is 6. The van der Waals surface area contributed by atoms with Crippen molar-refractivity contribution in [2.45, 2.75) is 198 Å². The first-order valence-electron chi connectivity index (χ1n) is 23.4. The zero-order valence-electron chi connectivity index (χ0n) is 38.1. The highest BCUT2D eigenvalue weighted by Gasteiger charge is 2.51. The van der Waals surface area contributed by atoms with E-state index in [1.807, 2.05) is 0 Å². The second kappa shape index (κ2) is 38.3. The minimum atomic E-state index is -5.14. The van der Waals surface area contributed by atoms with Crippen molar-refractivity contribution >= 4 is 19.8 Å². The minimum absolute atomic E-state index is 0.0460. The van der Waals surface area contributed by atoms with Crippen LogP contribution < -0.4 is 0 Å². The number of allylic oxidation sites excluding steroid dienone is 14. The lowest BCUT2D eigenvalue weighted by Crippen LogP contribution is -2.64. The molecule has 6 N–H and O–H groups in total. The molecule has 360 valence electrons. The van der Waals surface area contributed by atoms with E-state index in [0.29, 0.717) is 12.8 Å². The van der Waals surface area contributed by atoms with Crippen LogP contribution in [0, 0.1) is 0 Å². The van der Waals surface area contributed by atoms with Gasteiger partial charge in [0.15, 0.2) is 6.10 Å². The second-order valence-corrected chi connectivity index (χ2v) is 17.3. The van der Waals surface area contributed by atoms with Crippen molar-refractivity contribution < 1.29 is 63.1 Å². The summed E-state index contributed by atoms with van der Waals surface area (Å²) in [7, 11) is -5.14. The normalized spacial score (nSPS) is 22.5. The van der Waals surface area contributed by atoms with Crippen LogP contribution in [0.5, 0.6) is 0 Å². The third-order valence-corrected chi connectivity index (χ3v) is 11.2. The number of aliphatic hydroxyl groups is 5. The molecule has 14 heteroatoms. The molecule has 0 aromatic carbocycles. The first-order valence-corrected chi connectivity index (χ1v) is 24.9. The van der Waals surface area contributed by atoms with Gasteiger partial charge in [-0.05, 0) is 96.3 Å². The third-order valence-electron chi connectivity index (χ3n) is 10.2. The van der Waals surface area contributed by atoms with Gasteiger partial charge in [-0.3, -0.25) is 18.6 Å². The van der Waals surface area contributed by atoms with Gasteiger partial charge in [-0.1, -0.05) is 131 Å². The molecule has 0 amide bonds. The Morgan fingerprint density at radius 1 is 0.492 bits per heavy atom. The molecule has 1 aliphatic rings. The highest BCUT2D eigenvalue weighted by Crippen LogP contribution is 2.47. The Kier molecular flexibility index (Phi) is 35.3. The number of carbonyl (C=O) groups excluding carboxylic acids is 2. The maximum atomic E-state index is 12.8. The lowest BCUT2D eigenvalue weighted by Gasteiger charge is -2.41. The number of rotatable bonds is 37. The average molecular weight is 909 g/mol. The molecule has 0 bridgehead atoms. The molecule has 0 saturated heterocycles. The molecule has 0 aromatic heterocycles. The van der Waals surface area contributed by atoms with Crippen molar-refractivity contribution in [3.8, 4) is 0 Å². The summed E-state index contributed by atoms with van der Waals surface area (Å²) >= 11 is 0. The van der Waals surface area contributed by atoms with E-state index in [9.17, 15) is 44.6 Å². The summed E-state index contributed by atoms with van der Waals surface area (Å²) in [6.45, 7) is 3.17. The topological polar surface area (TPSA) is 210 Å². The van der Waals surface area contributed by atoms with E-state index in [1.54, 1.807) is 0 Å². The van der Waals surface area contributed by atoms with E-state index < -0.39 is 75.7 Å². The number of esters is 2. The highest BCUT2D eigenvalue weighted by atomic mass is 31.2. The fourth-order valence-electron chi connectivity index (χ4n) is 6.39. The van der Waals surface area contributed by atoms with E-state index in [4.69, 9.17) is 18.5 Å². The fraction of sp³-hybridized carbons (Fsp3) is 0.673. The molecule has 63 heavy (non-hydrogen) atoms. The Balaban J connectivity index is 2.52. The molecule has 0 heterocycles. The smallest absolute Gasteiger partial charge is 0.462 e. The van der Waals surface area contributed by atoms with Gasteiger partial charge in [0.25, 0.3) is 0 Å². The Hall–Kier alpha value is -2.97. The van der Waals surface area contributed by atoms with Gasteiger partial charge in [0, 0.05) is 12.8 Å². The summed E-state index contributed by atoms with van der Waals surface area (Å²) in [5.74, 6) is -1.19. The number of carbonyl (C=O) groups is 2. The van der Waals surface area contributed by atoms with Gasteiger partial charge in [-0.15, -0.1) is 0 Å². The van der Waals surface area contributed by atoms with Crippen molar-refractivity contribution in [2.75, 3.05) is 13.2 Å². The largest absolute Gasteiger partial charge is 0.472 e. The molecule has 1 saturated carbocycles. The third kappa shape index (κ3) is 30.7. The van der Waals surface area contributed by atoms with Crippen molar-refractivity contribution in [3.63, 3.8) is 0 Å². The Morgan fingerprint density at radius 2 is 0.857 bits per heavy atom. The van der Waals surface area contributed by atoms with Gasteiger partial charge >= 0.3 is 19.8 Å².